The van der Waals surface area contributed by atoms with Crippen LogP contribution in [0.25, 0.3) is 5.76 Å². The number of anilines is 1. The third-order valence-corrected chi connectivity index (χ3v) is 5.28. The Morgan fingerprint density at radius 3 is 2.09 bits per heavy atom. The lowest BCUT2D eigenvalue weighted by Crippen LogP contribution is -2.29. The van der Waals surface area contributed by atoms with Crippen LogP contribution in [0.3, 0.4) is 0 Å². The summed E-state index contributed by atoms with van der Waals surface area (Å²) < 4.78 is 41.4. The first-order chi connectivity index (χ1) is 15.7. The molecule has 0 spiro atoms. The van der Waals surface area contributed by atoms with Gasteiger partial charge in [0.15, 0.2) is 0 Å². The number of hydrogen-bond acceptors (Lipinski definition) is 4. The molecule has 4 rings (SSSR count). The Bertz CT molecular complexity index is 1220. The molecule has 0 bridgehead atoms. The summed E-state index contributed by atoms with van der Waals surface area (Å²) in [6.07, 6.45) is -4.87. The maximum Gasteiger partial charge on any atom is 0.573 e. The van der Waals surface area contributed by atoms with Gasteiger partial charge in [0.2, 0.25) is 0 Å². The molecule has 0 radical (unpaired) electrons. The predicted molar refractivity (Wildman–Crippen MR) is 116 cm³/mol. The molecule has 1 N–H and O–H groups in total. The Kier molecular flexibility index (Phi) is 5.86. The van der Waals surface area contributed by atoms with Crippen molar-refractivity contribution in [3.63, 3.8) is 0 Å². The zero-order valence-electron chi connectivity index (χ0n) is 16.7. The second-order valence-corrected chi connectivity index (χ2v) is 7.56. The van der Waals surface area contributed by atoms with Crippen LogP contribution >= 0.6 is 11.6 Å². The Morgan fingerprint density at radius 2 is 1.52 bits per heavy atom. The second-order valence-electron chi connectivity index (χ2n) is 7.13. The highest BCUT2D eigenvalue weighted by Crippen LogP contribution is 2.42. The van der Waals surface area contributed by atoms with Crippen molar-refractivity contribution in [3.05, 3.63) is 101 Å². The molecule has 1 saturated heterocycles. The summed E-state index contributed by atoms with van der Waals surface area (Å²) >= 11 is 5.90. The molecule has 0 aliphatic carbocycles. The minimum atomic E-state index is -4.87. The summed E-state index contributed by atoms with van der Waals surface area (Å²) in [5, 5.41) is 11.4. The van der Waals surface area contributed by atoms with Crippen LogP contribution in [0.1, 0.15) is 17.2 Å². The van der Waals surface area contributed by atoms with E-state index in [4.69, 9.17) is 11.6 Å². The van der Waals surface area contributed by atoms with E-state index >= 15 is 0 Å². The van der Waals surface area contributed by atoms with Gasteiger partial charge in [-0.2, -0.15) is 0 Å². The van der Waals surface area contributed by atoms with Crippen LogP contribution in [-0.2, 0) is 9.59 Å². The third-order valence-electron chi connectivity index (χ3n) is 5.03. The number of nitrogens with zero attached hydrogens (tertiary/aromatic N) is 1. The van der Waals surface area contributed by atoms with Crippen LogP contribution in [-0.4, -0.2) is 23.2 Å². The molecule has 1 heterocycles. The zero-order chi connectivity index (χ0) is 23.8. The average molecular weight is 474 g/mol. The van der Waals surface area contributed by atoms with Gasteiger partial charge >= 0.3 is 6.36 Å². The van der Waals surface area contributed by atoms with Gasteiger partial charge in [-0.25, -0.2) is 0 Å². The van der Waals surface area contributed by atoms with Gasteiger partial charge in [0.1, 0.15) is 11.5 Å². The Balaban J connectivity index is 1.83. The largest absolute Gasteiger partial charge is 0.573 e. The molecular weight excluding hydrogens is 459 g/mol. The lowest BCUT2D eigenvalue weighted by Gasteiger charge is -2.25. The molecule has 1 amide bonds. The second kappa shape index (κ2) is 8.63. The van der Waals surface area contributed by atoms with Gasteiger partial charge in [0, 0.05) is 16.3 Å². The van der Waals surface area contributed by atoms with E-state index in [1.807, 2.05) is 0 Å². The van der Waals surface area contributed by atoms with E-state index in [0.29, 0.717) is 10.6 Å². The molecule has 3 aromatic rings. The number of hydrogen-bond donors (Lipinski definition) is 1. The first-order valence-corrected chi connectivity index (χ1v) is 10.0. The highest BCUT2D eigenvalue weighted by molar-refractivity contribution is 6.51. The SMILES string of the molecule is O=C1C(=O)N(c2ccc(OC(F)(F)F)cc2)C(c2ccccc2)/C1=C(\O)c1ccc(Cl)cc1. The van der Waals surface area contributed by atoms with Crippen LogP contribution in [0, 0.1) is 0 Å². The van der Waals surface area contributed by atoms with Crippen molar-refractivity contribution in [2.75, 3.05) is 4.90 Å². The van der Waals surface area contributed by atoms with Crippen molar-refractivity contribution < 1.29 is 32.6 Å². The van der Waals surface area contributed by atoms with E-state index in [0.717, 1.165) is 17.0 Å². The van der Waals surface area contributed by atoms with Crippen LogP contribution in [0.15, 0.2) is 84.4 Å². The fourth-order valence-corrected chi connectivity index (χ4v) is 3.75. The number of ketones is 1. The van der Waals surface area contributed by atoms with Gasteiger partial charge in [0.25, 0.3) is 11.7 Å². The molecule has 9 heteroatoms. The standard InChI is InChI=1S/C24H15ClF3NO4/c25-16-8-6-15(7-9-16)21(30)19-20(14-4-2-1-3-5-14)29(23(32)22(19)31)17-10-12-18(13-11-17)33-24(26,27)28/h1-13,20,30H/b21-19+. The monoisotopic (exact) mass is 473 g/mol. The van der Waals surface area contributed by atoms with Crippen LogP contribution in [0.4, 0.5) is 18.9 Å². The quantitative estimate of drug-likeness (QED) is 0.292. The number of alkyl halides is 3. The number of halogens is 4. The Morgan fingerprint density at radius 1 is 0.909 bits per heavy atom. The first kappa shape index (κ1) is 22.4. The highest BCUT2D eigenvalue weighted by Gasteiger charge is 2.47. The Labute approximate surface area is 191 Å². The third kappa shape index (κ3) is 4.56. The van der Waals surface area contributed by atoms with Crippen molar-refractivity contribution in [1.82, 2.24) is 0 Å². The van der Waals surface area contributed by atoms with E-state index in [-0.39, 0.29) is 16.8 Å². The maximum absolute atomic E-state index is 13.0. The number of aliphatic hydroxyl groups is 1. The summed E-state index contributed by atoms with van der Waals surface area (Å²) in [6, 6.07) is 18.2. The average Bonchev–Trinajstić information content (AvgIpc) is 3.04. The van der Waals surface area contributed by atoms with Crippen LogP contribution in [0.2, 0.25) is 5.02 Å². The molecule has 5 nitrogen and oxygen atoms in total. The smallest absolute Gasteiger partial charge is 0.507 e. The molecule has 1 aliphatic heterocycles. The van der Waals surface area contributed by atoms with Crippen LogP contribution in [0.5, 0.6) is 5.75 Å². The number of aliphatic hydroxyl groups excluding tert-OH is 1. The fraction of sp³-hybridized carbons (Fsp3) is 0.0833. The molecule has 0 saturated carbocycles. The van der Waals surface area contributed by atoms with Gasteiger partial charge in [-0.1, -0.05) is 41.9 Å². The lowest BCUT2D eigenvalue weighted by atomic mass is 9.95. The van der Waals surface area contributed by atoms with Gasteiger partial charge in [-0.15, -0.1) is 13.2 Å². The fourth-order valence-electron chi connectivity index (χ4n) is 3.62. The predicted octanol–water partition coefficient (Wildman–Crippen LogP) is 5.86. The minimum absolute atomic E-state index is 0.149. The van der Waals surface area contributed by atoms with E-state index in [1.54, 1.807) is 30.3 Å². The van der Waals surface area contributed by atoms with Crippen molar-refractivity contribution in [1.29, 1.82) is 0 Å². The molecule has 33 heavy (non-hydrogen) atoms. The van der Waals surface area contributed by atoms with E-state index in [1.165, 1.54) is 36.4 Å². The molecule has 1 atom stereocenters. The minimum Gasteiger partial charge on any atom is -0.507 e. The molecule has 168 valence electrons. The van der Waals surface area contributed by atoms with E-state index in [9.17, 15) is 27.9 Å². The molecule has 1 unspecified atom stereocenters. The van der Waals surface area contributed by atoms with Crippen molar-refractivity contribution >= 4 is 34.7 Å². The number of rotatable bonds is 4. The van der Waals surface area contributed by atoms with Crippen molar-refractivity contribution in [2.24, 2.45) is 0 Å². The maximum atomic E-state index is 13.0. The summed E-state index contributed by atoms with van der Waals surface area (Å²) in [5.41, 5.74) is 0.829. The summed E-state index contributed by atoms with van der Waals surface area (Å²) in [7, 11) is 0. The molecular formula is C24H15ClF3NO4. The van der Waals surface area contributed by atoms with E-state index in [2.05, 4.69) is 4.74 Å². The zero-order valence-corrected chi connectivity index (χ0v) is 17.5. The number of carbonyl (C=O) groups excluding carboxylic acids is 2. The topological polar surface area (TPSA) is 66.8 Å². The van der Waals surface area contributed by atoms with Gasteiger partial charge in [-0.05, 0) is 54.1 Å². The number of ether oxygens (including phenoxy) is 1. The van der Waals surface area contributed by atoms with Gasteiger partial charge < -0.3 is 9.84 Å². The first-order valence-electron chi connectivity index (χ1n) is 9.63. The number of Topliss-reactive ketones (excluding diaryl/α,β-unsaturated/α-hetero) is 1. The number of benzene rings is 3. The molecule has 1 aliphatic rings. The molecule has 0 aromatic heterocycles. The molecule has 3 aromatic carbocycles. The summed E-state index contributed by atoms with van der Waals surface area (Å²) in [6.45, 7) is 0. The normalized spacial score (nSPS) is 17.9. The number of amides is 1. The number of carbonyl (C=O) groups is 2. The summed E-state index contributed by atoms with van der Waals surface area (Å²) in [5.74, 6) is -2.71. The van der Waals surface area contributed by atoms with Crippen LogP contribution < -0.4 is 9.64 Å². The Hall–Kier alpha value is -3.78. The van der Waals surface area contributed by atoms with E-state index < -0.39 is 35.6 Å². The van der Waals surface area contributed by atoms with Crippen molar-refractivity contribution in [2.45, 2.75) is 12.4 Å². The summed E-state index contributed by atoms with van der Waals surface area (Å²) in [4.78, 5) is 27.1. The van der Waals surface area contributed by atoms with Crippen molar-refractivity contribution in [3.8, 4) is 5.75 Å². The molecule has 1 fully saturated rings. The highest BCUT2D eigenvalue weighted by atomic mass is 35.5. The van der Waals surface area contributed by atoms with Gasteiger partial charge in [-0.3, -0.25) is 14.5 Å². The van der Waals surface area contributed by atoms with Gasteiger partial charge in [0.05, 0.1) is 11.6 Å². The lowest BCUT2D eigenvalue weighted by molar-refractivity contribution is -0.274.